The molecule has 2 saturated heterocycles. The number of alkyl halides is 3. The maximum Gasteiger partial charge on any atom is 0.416 e. The van der Waals surface area contributed by atoms with Gasteiger partial charge in [0.15, 0.2) is 0 Å². The summed E-state index contributed by atoms with van der Waals surface area (Å²) in [5.41, 5.74) is -1.17. The number of nitrogens with zero attached hydrogens (tertiary/aromatic N) is 2. The van der Waals surface area contributed by atoms with Crippen molar-refractivity contribution in [2.24, 2.45) is 5.41 Å². The number of morpholine rings is 1. The monoisotopic (exact) mass is 453 g/mol. The Labute approximate surface area is 183 Å². The molecule has 174 valence electrons. The van der Waals surface area contributed by atoms with Crippen LogP contribution < -0.4 is 10.2 Å². The Morgan fingerprint density at radius 3 is 2.44 bits per heavy atom. The summed E-state index contributed by atoms with van der Waals surface area (Å²) in [7, 11) is 0. The summed E-state index contributed by atoms with van der Waals surface area (Å²) in [4.78, 5) is 41.0. The molecule has 32 heavy (non-hydrogen) atoms. The van der Waals surface area contributed by atoms with Gasteiger partial charge in [-0.1, -0.05) is 19.3 Å². The molecule has 2 aliphatic heterocycles. The van der Waals surface area contributed by atoms with Gasteiger partial charge in [0.05, 0.1) is 35.6 Å². The maximum atomic E-state index is 13.3. The van der Waals surface area contributed by atoms with Crippen molar-refractivity contribution in [2.75, 3.05) is 43.1 Å². The van der Waals surface area contributed by atoms with Gasteiger partial charge < -0.3 is 15.0 Å². The Balaban J connectivity index is 1.53. The van der Waals surface area contributed by atoms with Gasteiger partial charge in [-0.05, 0) is 31.0 Å². The zero-order chi connectivity index (χ0) is 22.9. The minimum Gasteiger partial charge on any atom is -0.378 e. The molecule has 0 atom stereocenters. The summed E-state index contributed by atoms with van der Waals surface area (Å²) in [6.07, 6.45) is -0.462. The molecule has 1 N–H and O–H groups in total. The van der Waals surface area contributed by atoms with E-state index in [1.54, 1.807) is 0 Å². The minimum absolute atomic E-state index is 0.00167. The lowest BCUT2D eigenvalue weighted by atomic mass is 9.73. The van der Waals surface area contributed by atoms with E-state index in [9.17, 15) is 27.6 Å². The van der Waals surface area contributed by atoms with Gasteiger partial charge in [0.2, 0.25) is 17.7 Å². The van der Waals surface area contributed by atoms with E-state index in [1.807, 2.05) is 4.90 Å². The van der Waals surface area contributed by atoms with E-state index >= 15 is 0 Å². The molecule has 1 aromatic carbocycles. The highest BCUT2D eigenvalue weighted by Crippen LogP contribution is 2.45. The molecular formula is C22H26F3N3O4. The van der Waals surface area contributed by atoms with Crippen LogP contribution in [0.25, 0.3) is 0 Å². The van der Waals surface area contributed by atoms with E-state index in [0.29, 0.717) is 44.8 Å². The third kappa shape index (κ3) is 4.46. The lowest BCUT2D eigenvalue weighted by molar-refractivity contribution is -0.144. The summed E-state index contributed by atoms with van der Waals surface area (Å²) >= 11 is 0. The van der Waals surface area contributed by atoms with Gasteiger partial charge in [0.1, 0.15) is 6.54 Å². The molecule has 2 heterocycles. The van der Waals surface area contributed by atoms with Gasteiger partial charge in [-0.25, -0.2) is 0 Å². The van der Waals surface area contributed by atoms with Crippen LogP contribution in [-0.4, -0.2) is 55.5 Å². The summed E-state index contributed by atoms with van der Waals surface area (Å²) in [5, 5.41) is 2.51. The molecule has 3 aliphatic rings. The number of amides is 3. The first-order valence-electron chi connectivity index (χ1n) is 10.9. The van der Waals surface area contributed by atoms with Gasteiger partial charge in [0, 0.05) is 19.5 Å². The number of rotatable bonds is 4. The average molecular weight is 453 g/mol. The van der Waals surface area contributed by atoms with E-state index in [4.69, 9.17) is 4.74 Å². The van der Waals surface area contributed by atoms with Crippen LogP contribution in [0.15, 0.2) is 18.2 Å². The van der Waals surface area contributed by atoms with E-state index in [-0.39, 0.29) is 18.0 Å². The number of imide groups is 1. The molecule has 1 spiro atoms. The van der Waals surface area contributed by atoms with E-state index in [0.717, 1.165) is 36.3 Å². The van der Waals surface area contributed by atoms with Crippen LogP contribution in [-0.2, 0) is 25.3 Å². The molecule has 0 radical (unpaired) electrons. The van der Waals surface area contributed by atoms with Crippen molar-refractivity contribution in [1.82, 2.24) is 4.90 Å². The highest BCUT2D eigenvalue weighted by molar-refractivity contribution is 6.09. The predicted octanol–water partition coefficient (Wildman–Crippen LogP) is 3.19. The Morgan fingerprint density at radius 1 is 1.09 bits per heavy atom. The summed E-state index contributed by atoms with van der Waals surface area (Å²) < 4.78 is 45.1. The number of carbonyl (C=O) groups excluding carboxylic acids is 3. The second-order valence-electron chi connectivity index (χ2n) is 8.68. The highest BCUT2D eigenvalue weighted by Gasteiger charge is 2.51. The number of likely N-dealkylation sites (tertiary alicyclic amines) is 1. The molecule has 0 aromatic heterocycles. The van der Waals surface area contributed by atoms with Crippen molar-refractivity contribution in [2.45, 2.75) is 44.7 Å². The lowest BCUT2D eigenvalue weighted by Crippen LogP contribution is -2.41. The first-order valence-corrected chi connectivity index (χ1v) is 10.9. The van der Waals surface area contributed by atoms with Crippen molar-refractivity contribution in [3.05, 3.63) is 23.8 Å². The molecule has 4 rings (SSSR count). The molecule has 3 fully saturated rings. The third-order valence-corrected chi connectivity index (χ3v) is 6.55. The van der Waals surface area contributed by atoms with Gasteiger partial charge in [-0.2, -0.15) is 13.2 Å². The molecule has 1 aliphatic carbocycles. The van der Waals surface area contributed by atoms with Crippen LogP contribution in [0, 0.1) is 5.41 Å². The molecule has 3 amide bonds. The predicted molar refractivity (Wildman–Crippen MR) is 110 cm³/mol. The Kier molecular flexibility index (Phi) is 6.15. The molecule has 0 bridgehead atoms. The summed E-state index contributed by atoms with van der Waals surface area (Å²) in [6, 6.07) is 3.19. The highest BCUT2D eigenvalue weighted by atomic mass is 19.4. The van der Waals surface area contributed by atoms with Crippen LogP contribution in [0.5, 0.6) is 0 Å². The number of halogens is 3. The number of hydrogen-bond acceptors (Lipinski definition) is 5. The smallest absolute Gasteiger partial charge is 0.378 e. The normalized spacial score (nSPS) is 21.3. The first-order chi connectivity index (χ1) is 15.2. The van der Waals surface area contributed by atoms with Crippen LogP contribution in [0.1, 0.15) is 44.1 Å². The number of benzene rings is 1. The van der Waals surface area contributed by atoms with Crippen molar-refractivity contribution in [3.63, 3.8) is 0 Å². The van der Waals surface area contributed by atoms with Gasteiger partial charge in [-0.3, -0.25) is 19.3 Å². The zero-order valence-electron chi connectivity index (χ0n) is 17.7. The Hall–Kier alpha value is -2.62. The van der Waals surface area contributed by atoms with Crippen LogP contribution >= 0.6 is 0 Å². The second kappa shape index (κ2) is 8.73. The van der Waals surface area contributed by atoms with Crippen LogP contribution in [0.2, 0.25) is 0 Å². The Morgan fingerprint density at radius 2 is 1.78 bits per heavy atom. The maximum absolute atomic E-state index is 13.3. The van der Waals surface area contributed by atoms with Crippen molar-refractivity contribution < 1.29 is 32.3 Å². The molecule has 0 unspecified atom stereocenters. The molecule has 7 nitrogen and oxygen atoms in total. The summed E-state index contributed by atoms with van der Waals surface area (Å²) in [6.45, 7) is 1.29. The molecule has 1 aromatic rings. The SMILES string of the molecule is O=C(CN1C(=O)CC2(CCCCC2)C1=O)Nc1cc(C(F)(F)F)ccc1N1CCOCC1. The topological polar surface area (TPSA) is 79.0 Å². The fourth-order valence-electron chi connectivity index (χ4n) is 4.87. The Bertz CT molecular complexity index is 906. The van der Waals surface area contributed by atoms with Gasteiger partial charge in [0.25, 0.3) is 0 Å². The average Bonchev–Trinajstić information content (AvgIpc) is 2.98. The third-order valence-electron chi connectivity index (χ3n) is 6.55. The standard InChI is InChI=1S/C22H26F3N3O4/c23-22(24,25)15-4-5-17(27-8-10-32-11-9-27)16(12-15)26-18(29)14-28-19(30)13-21(20(28)31)6-2-1-3-7-21/h4-5,12H,1-3,6-11,13-14H2,(H,26,29). The number of hydrogen-bond donors (Lipinski definition) is 1. The number of nitrogens with one attached hydrogen (secondary N) is 1. The van der Waals surface area contributed by atoms with E-state index in [2.05, 4.69) is 5.32 Å². The summed E-state index contributed by atoms with van der Waals surface area (Å²) in [5.74, 6) is -1.44. The first kappa shape index (κ1) is 22.6. The fraction of sp³-hybridized carbons (Fsp3) is 0.591. The quantitative estimate of drug-likeness (QED) is 0.709. The second-order valence-corrected chi connectivity index (χ2v) is 8.68. The van der Waals surface area contributed by atoms with Crippen molar-refractivity contribution in [1.29, 1.82) is 0 Å². The lowest BCUT2D eigenvalue weighted by Gasteiger charge is -2.31. The fourth-order valence-corrected chi connectivity index (χ4v) is 4.87. The van der Waals surface area contributed by atoms with Gasteiger partial charge in [-0.15, -0.1) is 0 Å². The van der Waals surface area contributed by atoms with E-state index in [1.165, 1.54) is 6.07 Å². The molecule has 10 heteroatoms. The van der Waals surface area contributed by atoms with E-state index < -0.39 is 35.5 Å². The zero-order valence-corrected chi connectivity index (χ0v) is 17.7. The van der Waals surface area contributed by atoms with Gasteiger partial charge >= 0.3 is 6.18 Å². The van der Waals surface area contributed by atoms with Crippen molar-refractivity contribution >= 4 is 29.1 Å². The number of carbonyl (C=O) groups is 3. The molecular weight excluding hydrogens is 427 g/mol. The van der Waals surface area contributed by atoms with Crippen LogP contribution in [0.4, 0.5) is 24.5 Å². The largest absolute Gasteiger partial charge is 0.416 e. The van der Waals surface area contributed by atoms with Crippen molar-refractivity contribution in [3.8, 4) is 0 Å². The number of anilines is 2. The number of ether oxygens (including phenoxy) is 1. The molecule has 1 saturated carbocycles. The minimum atomic E-state index is -4.57. The van der Waals surface area contributed by atoms with Crippen LogP contribution in [0.3, 0.4) is 0 Å².